The van der Waals surface area contributed by atoms with Gasteiger partial charge < -0.3 is 5.11 Å². The maximum Gasteiger partial charge on any atom is 0.192 e. The van der Waals surface area contributed by atoms with Crippen molar-refractivity contribution in [1.82, 2.24) is 0 Å². The van der Waals surface area contributed by atoms with Crippen LogP contribution in [0.5, 0.6) is 0 Å². The summed E-state index contributed by atoms with van der Waals surface area (Å²) in [7, 11) is 0. The van der Waals surface area contributed by atoms with E-state index in [1.807, 2.05) is 19.1 Å². The summed E-state index contributed by atoms with van der Waals surface area (Å²) in [6.07, 6.45) is 6.80. The second-order valence-corrected chi connectivity index (χ2v) is 4.18. The van der Waals surface area contributed by atoms with Crippen molar-refractivity contribution in [3.05, 3.63) is 47.2 Å². The number of terminal acetylenes is 1. The van der Waals surface area contributed by atoms with Crippen LogP contribution < -0.4 is 0 Å². The van der Waals surface area contributed by atoms with E-state index in [1.54, 1.807) is 12.1 Å². The van der Waals surface area contributed by atoms with Crippen LogP contribution in [0.4, 0.5) is 0 Å². The average Bonchev–Trinajstić information content (AvgIpc) is 2.34. The first-order valence-electron chi connectivity index (χ1n) is 5.07. The molecule has 1 aliphatic rings. The number of aliphatic hydroxyl groups is 1. The number of aliphatic hydroxyl groups excluding tert-OH is 1. The Hall–Kier alpha value is -2.01. The van der Waals surface area contributed by atoms with Crippen LogP contribution in [0.1, 0.15) is 29.3 Å². The van der Waals surface area contributed by atoms with Crippen molar-refractivity contribution in [3.63, 3.8) is 0 Å². The first-order valence-corrected chi connectivity index (χ1v) is 5.07. The minimum Gasteiger partial charge on any atom is -0.515 e. The highest BCUT2D eigenvalue weighted by Gasteiger charge is 2.36. The number of ketones is 1. The lowest BCUT2D eigenvalue weighted by Crippen LogP contribution is -2.30. The lowest BCUT2D eigenvalue weighted by Gasteiger charge is -2.31. The van der Waals surface area contributed by atoms with Gasteiger partial charge in [-0.3, -0.25) is 4.79 Å². The number of hydrogen-bond acceptors (Lipinski definition) is 2. The van der Waals surface area contributed by atoms with Gasteiger partial charge in [-0.25, -0.2) is 0 Å². The third-order valence-corrected chi connectivity index (χ3v) is 3.08. The predicted octanol–water partition coefficient (Wildman–Crippen LogP) is 2.61. The minimum absolute atomic E-state index is 0.133. The Kier molecular flexibility index (Phi) is 2.32. The molecule has 1 aromatic carbocycles. The summed E-state index contributed by atoms with van der Waals surface area (Å²) >= 11 is 0. The van der Waals surface area contributed by atoms with Gasteiger partial charge in [-0.15, -0.1) is 6.42 Å². The molecule has 2 heteroatoms. The van der Waals surface area contributed by atoms with Crippen molar-refractivity contribution in [2.45, 2.75) is 18.8 Å². The first kappa shape index (κ1) is 10.5. The fourth-order valence-electron chi connectivity index (χ4n) is 2.12. The van der Waals surface area contributed by atoms with Crippen LogP contribution in [0, 0.1) is 12.3 Å². The van der Waals surface area contributed by atoms with Gasteiger partial charge in [0.15, 0.2) is 5.78 Å². The van der Waals surface area contributed by atoms with Crippen molar-refractivity contribution in [2.24, 2.45) is 0 Å². The van der Waals surface area contributed by atoms with Gasteiger partial charge in [-0.2, -0.15) is 0 Å². The number of benzene rings is 1. The molecular weight excluding hydrogens is 200 g/mol. The van der Waals surface area contributed by atoms with Crippen LogP contribution in [0.25, 0.3) is 0 Å². The van der Waals surface area contributed by atoms with E-state index in [4.69, 9.17) is 11.5 Å². The standard InChI is InChI=1S/C14H12O2/c1-3-14(2)8-10(9-15)13(16)11-6-4-5-7-12(11)14/h1,4-7,9,15H,8H2,2H3/b10-9-. The molecule has 1 unspecified atom stereocenters. The van der Waals surface area contributed by atoms with E-state index in [0.29, 0.717) is 17.6 Å². The molecule has 0 amide bonds. The van der Waals surface area contributed by atoms with Gasteiger partial charge in [0, 0.05) is 11.1 Å². The van der Waals surface area contributed by atoms with Gasteiger partial charge in [0.2, 0.25) is 0 Å². The average molecular weight is 212 g/mol. The van der Waals surface area contributed by atoms with E-state index in [0.717, 1.165) is 11.8 Å². The number of allylic oxidation sites excluding steroid dienone is 1. The summed E-state index contributed by atoms with van der Waals surface area (Å²) in [5, 5.41) is 9.06. The molecule has 0 aliphatic heterocycles. The van der Waals surface area contributed by atoms with E-state index in [2.05, 4.69) is 5.92 Å². The normalized spacial score (nSPS) is 26.2. The molecule has 1 aliphatic carbocycles. The molecule has 0 saturated heterocycles. The van der Waals surface area contributed by atoms with Crippen LogP contribution in [0.15, 0.2) is 36.1 Å². The summed E-state index contributed by atoms with van der Waals surface area (Å²) in [5.74, 6) is 2.58. The monoisotopic (exact) mass is 212 g/mol. The smallest absolute Gasteiger partial charge is 0.192 e. The van der Waals surface area contributed by atoms with Crippen molar-refractivity contribution in [1.29, 1.82) is 0 Å². The van der Waals surface area contributed by atoms with Crippen LogP contribution in [-0.4, -0.2) is 10.9 Å². The number of hydrogen-bond donors (Lipinski definition) is 1. The predicted molar refractivity (Wildman–Crippen MR) is 62.3 cm³/mol. The zero-order valence-corrected chi connectivity index (χ0v) is 9.03. The van der Waals surface area contributed by atoms with Crippen LogP contribution >= 0.6 is 0 Å². The molecule has 2 rings (SSSR count). The summed E-state index contributed by atoms with van der Waals surface area (Å²) < 4.78 is 0. The van der Waals surface area contributed by atoms with E-state index in [1.165, 1.54) is 0 Å². The molecule has 1 aromatic rings. The van der Waals surface area contributed by atoms with Crippen molar-refractivity contribution in [2.75, 3.05) is 0 Å². The molecule has 2 nitrogen and oxygen atoms in total. The van der Waals surface area contributed by atoms with Gasteiger partial charge >= 0.3 is 0 Å². The maximum atomic E-state index is 12.0. The lowest BCUT2D eigenvalue weighted by atomic mass is 9.70. The fourth-order valence-corrected chi connectivity index (χ4v) is 2.12. The Morgan fingerprint density at radius 2 is 2.19 bits per heavy atom. The lowest BCUT2D eigenvalue weighted by molar-refractivity contribution is 0.101. The van der Waals surface area contributed by atoms with Gasteiger partial charge in [0.25, 0.3) is 0 Å². The van der Waals surface area contributed by atoms with Crippen molar-refractivity contribution < 1.29 is 9.90 Å². The van der Waals surface area contributed by atoms with E-state index < -0.39 is 5.41 Å². The van der Waals surface area contributed by atoms with E-state index in [9.17, 15) is 4.79 Å². The highest BCUT2D eigenvalue weighted by molar-refractivity contribution is 6.11. The van der Waals surface area contributed by atoms with Crippen LogP contribution in [-0.2, 0) is 5.41 Å². The molecule has 0 radical (unpaired) electrons. The molecule has 16 heavy (non-hydrogen) atoms. The fraction of sp³-hybridized carbons (Fsp3) is 0.214. The highest BCUT2D eigenvalue weighted by Crippen LogP contribution is 2.38. The van der Waals surface area contributed by atoms with Crippen LogP contribution in [0.2, 0.25) is 0 Å². The van der Waals surface area contributed by atoms with Crippen molar-refractivity contribution >= 4 is 5.78 Å². The molecule has 0 spiro atoms. The Balaban J connectivity index is 2.71. The van der Waals surface area contributed by atoms with Gasteiger partial charge in [0.1, 0.15) is 0 Å². The Bertz CT molecular complexity index is 520. The molecule has 0 heterocycles. The van der Waals surface area contributed by atoms with Gasteiger partial charge in [0.05, 0.1) is 11.7 Å². The third kappa shape index (κ3) is 1.33. The van der Waals surface area contributed by atoms with E-state index in [-0.39, 0.29) is 5.78 Å². The van der Waals surface area contributed by atoms with Gasteiger partial charge in [-0.05, 0) is 18.9 Å². The number of rotatable bonds is 0. The Labute approximate surface area is 94.6 Å². The number of Topliss-reactive ketones (excluding diaryl/α,β-unsaturated/α-hetero) is 1. The SMILES string of the molecule is C#CC1(C)C/C(=C/O)C(=O)c2ccccc21. The molecule has 0 saturated carbocycles. The van der Waals surface area contributed by atoms with Crippen molar-refractivity contribution in [3.8, 4) is 12.3 Å². The molecule has 0 bridgehead atoms. The highest BCUT2D eigenvalue weighted by atomic mass is 16.2. The molecular formula is C14H12O2. The summed E-state index contributed by atoms with van der Waals surface area (Å²) in [6.45, 7) is 1.90. The van der Waals surface area contributed by atoms with Gasteiger partial charge in [-0.1, -0.05) is 30.2 Å². The quantitative estimate of drug-likeness (QED) is 0.408. The minimum atomic E-state index is -0.515. The second-order valence-electron chi connectivity index (χ2n) is 4.18. The zero-order valence-electron chi connectivity index (χ0n) is 9.03. The summed E-state index contributed by atoms with van der Waals surface area (Å²) in [4.78, 5) is 12.0. The first-order chi connectivity index (χ1) is 7.62. The molecule has 0 aromatic heterocycles. The zero-order chi connectivity index (χ0) is 11.8. The number of fused-ring (bicyclic) bond motifs is 1. The molecule has 0 fully saturated rings. The maximum absolute atomic E-state index is 12.0. The second kappa shape index (κ2) is 3.53. The molecule has 1 atom stereocenters. The Morgan fingerprint density at radius 1 is 1.50 bits per heavy atom. The van der Waals surface area contributed by atoms with E-state index >= 15 is 0 Å². The largest absolute Gasteiger partial charge is 0.515 e. The number of carbonyl (C=O) groups is 1. The molecule has 1 N–H and O–H groups in total. The number of carbonyl (C=O) groups excluding carboxylic acids is 1. The van der Waals surface area contributed by atoms with Crippen LogP contribution in [0.3, 0.4) is 0 Å². The molecule has 80 valence electrons. The third-order valence-electron chi connectivity index (χ3n) is 3.08. The topological polar surface area (TPSA) is 37.3 Å². The summed E-state index contributed by atoms with van der Waals surface area (Å²) in [5.41, 5.74) is 1.32. The summed E-state index contributed by atoms with van der Waals surface area (Å²) in [6, 6.07) is 7.29. The Morgan fingerprint density at radius 3 is 2.81 bits per heavy atom.